The Kier molecular flexibility index (Phi) is 6.08. The Hall–Kier alpha value is -2.74. The first kappa shape index (κ1) is 20.0. The highest BCUT2D eigenvalue weighted by Gasteiger charge is 2.37. The summed E-state index contributed by atoms with van der Waals surface area (Å²) < 4.78 is 46.7. The standard InChI is InChI=1S/C20H21F3N2O3/c1-24-19(26)18-11-17(27-15-5-3-2-4-6-15)13-25(18)12-14-7-9-16(10-8-14)28-20(21,22)23/h2-10,17-18H,11-13H2,1H3,(H,24,26)/t17-,18+/m0/s1. The Morgan fingerprint density at radius 2 is 1.79 bits per heavy atom. The highest BCUT2D eigenvalue weighted by Crippen LogP contribution is 2.27. The number of carbonyl (C=O) groups excluding carboxylic acids is 1. The van der Waals surface area contributed by atoms with Gasteiger partial charge in [-0.3, -0.25) is 9.69 Å². The Morgan fingerprint density at radius 3 is 2.39 bits per heavy atom. The number of hydrogen-bond acceptors (Lipinski definition) is 4. The molecule has 0 unspecified atom stereocenters. The number of benzene rings is 2. The number of likely N-dealkylation sites (N-methyl/N-ethyl adjacent to an activating group) is 1. The van der Waals surface area contributed by atoms with Crippen LogP contribution in [0, 0.1) is 0 Å². The number of carbonyl (C=O) groups is 1. The Balaban J connectivity index is 1.67. The minimum absolute atomic E-state index is 0.115. The quantitative estimate of drug-likeness (QED) is 0.817. The maximum absolute atomic E-state index is 12.3. The molecular formula is C20H21F3N2O3. The molecule has 1 amide bonds. The molecular weight excluding hydrogens is 373 g/mol. The van der Waals surface area contributed by atoms with E-state index in [0.29, 0.717) is 19.5 Å². The molecule has 0 radical (unpaired) electrons. The average molecular weight is 394 g/mol. The van der Waals surface area contributed by atoms with E-state index >= 15 is 0 Å². The van der Waals surface area contributed by atoms with E-state index in [-0.39, 0.29) is 23.8 Å². The molecule has 0 aliphatic carbocycles. The van der Waals surface area contributed by atoms with Crippen LogP contribution in [-0.2, 0) is 11.3 Å². The van der Waals surface area contributed by atoms with Crippen LogP contribution in [0.25, 0.3) is 0 Å². The Labute approximate surface area is 161 Å². The lowest BCUT2D eigenvalue weighted by Gasteiger charge is -2.22. The fourth-order valence-electron chi connectivity index (χ4n) is 3.28. The predicted molar refractivity (Wildman–Crippen MR) is 96.9 cm³/mol. The van der Waals surface area contributed by atoms with Gasteiger partial charge in [0.15, 0.2) is 0 Å². The molecule has 2 aromatic rings. The van der Waals surface area contributed by atoms with Crippen LogP contribution in [0.3, 0.4) is 0 Å². The summed E-state index contributed by atoms with van der Waals surface area (Å²) in [4.78, 5) is 14.2. The first-order chi connectivity index (χ1) is 13.3. The van der Waals surface area contributed by atoms with Gasteiger partial charge >= 0.3 is 6.36 Å². The van der Waals surface area contributed by atoms with Crippen molar-refractivity contribution in [1.82, 2.24) is 10.2 Å². The van der Waals surface area contributed by atoms with Gasteiger partial charge in [-0.1, -0.05) is 30.3 Å². The number of nitrogens with one attached hydrogen (secondary N) is 1. The lowest BCUT2D eigenvalue weighted by molar-refractivity contribution is -0.274. The van der Waals surface area contributed by atoms with Gasteiger partial charge in [0.25, 0.3) is 0 Å². The van der Waals surface area contributed by atoms with E-state index in [1.54, 1.807) is 19.2 Å². The molecule has 150 valence electrons. The number of amides is 1. The maximum Gasteiger partial charge on any atom is 0.573 e. The molecule has 0 bridgehead atoms. The van der Waals surface area contributed by atoms with Crippen LogP contribution in [0.1, 0.15) is 12.0 Å². The van der Waals surface area contributed by atoms with E-state index < -0.39 is 6.36 Å². The third kappa shape index (κ3) is 5.39. The van der Waals surface area contributed by atoms with Gasteiger partial charge in [-0.15, -0.1) is 13.2 Å². The minimum Gasteiger partial charge on any atom is -0.489 e. The molecule has 1 aliphatic heterocycles. The van der Waals surface area contributed by atoms with Crippen LogP contribution in [0.2, 0.25) is 0 Å². The molecule has 1 aliphatic rings. The lowest BCUT2D eigenvalue weighted by atomic mass is 10.1. The average Bonchev–Trinajstić information content (AvgIpc) is 3.04. The van der Waals surface area contributed by atoms with Gasteiger partial charge in [0.05, 0.1) is 6.04 Å². The minimum atomic E-state index is -4.72. The van der Waals surface area contributed by atoms with Crippen molar-refractivity contribution in [3.63, 3.8) is 0 Å². The summed E-state index contributed by atoms with van der Waals surface area (Å²) in [5, 5.41) is 2.66. The molecule has 8 heteroatoms. The van der Waals surface area contributed by atoms with E-state index in [2.05, 4.69) is 10.1 Å². The summed E-state index contributed by atoms with van der Waals surface area (Å²) in [6.07, 6.45) is -4.34. The zero-order valence-corrected chi connectivity index (χ0v) is 15.3. The fraction of sp³-hybridized carbons (Fsp3) is 0.350. The summed E-state index contributed by atoms with van der Waals surface area (Å²) >= 11 is 0. The van der Waals surface area contributed by atoms with Crippen molar-refractivity contribution in [2.45, 2.75) is 31.5 Å². The monoisotopic (exact) mass is 394 g/mol. The van der Waals surface area contributed by atoms with E-state index in [1.165, 1.54) is 12.1 Å². The summed E-state index contributed by atoms with van der Waals surface area (Å²) in [6.45, 7) is 0.951. The highest BCUT2D eigenvalue weighted by molar-refractivity contribution is 5.81. The molecule has 0 aromatic heterocycles. The van der Waals surface area contributed by atoms with Crippen LogP contribution in [0.4, 0.5) is 13.2 Å². The molecule has 3 rings (SSSR count). The van der Waals surface area contributed by atoms with E-state index in [4.69, 9.17) is 4.74 Å². The summed E-state index contributed by atoms with van der Waals surface area (Å²) in [5.74, 6) is 0.348. The second-order valence-corrected chi connectivity index (χ2v) is 6.54. The largest absolute Gasteiger partial charge is 0.573 e. The van der Waals surface area contributed by atoms with Crippen LogP contribution in [-0.4, -0.2) is 42.9 Å². The summed E-state index contributed by atoms with van der Waals surface area (Å²) in [7, 11) is 1.58. The third-order valence-electron chi connectivity index (χ3n) is 4.50. The van der Waals surface area contributed by atoms with Crippen molar-refractivity contribution >= 4 is 5.91 Å². The summed E-state index contributed by atoms with van der Waals surface area (Å²) in [5.41, 5.74) is 0.781. The fourth-order valence-corrected chi connectivity index (χ4v) is 3.28. The SMILES string of the molecule is CNC(=O)[C@H]1C[C@H](Oc2ccccc2)CN1Cc1ccc(OC(F)(F)F)cc1. The Morgan fingerprint density at radius 1 is 1.11 bits per heavy atom. The van der Waals surface area contributed by atoms with Crippen LogP contribution >= 0.6 is 0 Å². The van der Waals surface area contributed by atoms with Crippen molar-refractivity contribution in [3.05, 3.63) is 60.2 Å². The Bertz CT molecular complexity index is 782. The topological polar surface area (TPSA) is 50.8 Å². The van der Waals surface area contributed by atoms with Gasteiger partial charge in [0, 0.05) is 26.6 Å². The van der Waals surface area contributed by atoms with Crippen LogP contribution in [0.15, 0.2) is 54.6 Å². The first-order valence-corrected chi connectivity index (χ1v) is 8.86. The van der Waals surface area contributed by atoms with Gasteiger partial charge in [-0.2, -0.15) is 0 Å². The second-order valence-electron chi connectivity index (χ2n) is 6.54. The number of nitrogens with zero attached hydrogens (tertiary/aromatic N) is 1. The summed E-state index contributed by atoms with van der Waals surface area (Å²) in [6, 6.07) is 14.7. The van der Waals surface area contributed by atoms with Gasteiger partial charge in [0.1, 0.15) is 17.6 Å². The zero-order chi connectivity index (χ0) is 20.1. The molecule has 1 heterocycles. The van der Waals surface area contributed by atoms with Crippen molar-refractivity contribution in [2.24, 2.45) is 0 Å². The number of para-hydroxylation sites is 1. The van der Waals surface area contributed by atoms with Crippen molar-refractivity contribution in [2.75, 3.05) is 13.6 Å². The number of likely N-dealkylation sites (tertiary alicyclic amines) is 1. The van der Waals surface area contributed by atoms with Crippen LogP contribution in [0.5, 0.6) is 11.5 Å². The van der Waals surface area contributed by atoms with E-state index in [0.717, 1.165) is 11.3 Å². The van der Waals surface area contributed by atoms with Gasteiger partial charge in [0.2, 0.25) is 5.91 Å². The highest BCUT2D eigenvalue weighted by atomic mass is 19.4. The van der Waals surface area contributed by atoms with Crippen molar-refractivity contribution in [3.8, 4) is 11.5 Å². The molecule has 2 atom stereocenters. The van der Waals surface area contributed by atoms with Crippen LogP contribution < -0.4 is 14.8 Å². The molecule has 1 N–H and O–H groups in total. The smallest absolute Gasteiger partial charge is 0.489 e. The van der Waals surface area contributed by atoms with E-state index in [9.17, 15) is 18.0 Å². The van der Waals surface area contributed by atoms with E-state index in [1.807, 2.05) is 35.2 Å². The normalized spacial score (nSPS) is 20.0. The molecule has 2 aromatic carbocycles. The number of alkyl halides is 3. The number of rotatable bonds is 6. The third-order valence-corrected chi connectivity index (χ3v) is 4.50. The number of ether oxygens (including phenoxy) is 2. The molecule has 0 saturated carbocycles. The lowest BCUT2D eigenvalue weighted by Crippen LogP contribution is -2.41. The molecule has 5 nitrogen and oxygen atoms in total. The second kappa shape index (κ2) is 8.52. The number of hydrogen-bond donors (Lipinski definition) is 1. The predicted octanol–water partition coefficient (Wildman–Crippen LogP) is 3.35. The van der Waals surface area contributed by atoms with Gasteiger partial charge in [-0.05, 0) is 29.8 Å². The molecule has 0 spiro atoms. The van der Waals surface area contributed by atoms with Crippen molar-refractivity contribution in [1.29, 1.82) is 0 Å². The molecule has 1 saturated heterocycles. The van der Waals surface area contributed by atoms with Gasteiger partial charge < -0.3 is 14.8 Å². The molecule has 1 fully saturated rings. The maximum atomic E-state index is 12.3. The molecule has 28 heavy (non-hydrogen) atoms. The first-order valence-electron chi connectivity index (χ1n) is 8.86. The zero-order valence-electron chi connectivity index (χ0n) is 15.3. The van der Waals surface area contributed by atoms with Crippen molar-refractivity contribution < 1.29 is 27.4 Å². The number of halogens is 3. The van der Waals surface area contributed by atoms with Gasteiger partial charge in [-0.25, -0.2) is 0 Å².